The van der Waals surface area contributed by atoms with Crippen molar-refractivity contribution in [3.8, 4) is 0 Å². The topological polar surface area (TPSA) is 54.4 Å². The van der Waals surface area contributed by atoms with E-state index < -0.39 is 10.1 Å². The predicted molar refractivity (Wildman–Crippen MR) is 53.7 cm³/mol. The Morgan fingerprint density at radius 3 is 2.23 bits per heavy atom. The molecule has 1 aromatic rings. The first-order valence-electron chi connectivity index (χ1n) is 3.46. The molecule has 5 heteroatoms. The van der Waals surface area contributed by atoms with Gasteiger partial charge in [-0.3, -0.25) is 4.55 Å². The van der Waals surface area contributed by atoms with Gasteiger partial charge in [0.1, 0.15) is 0 Å². The first kappa shape index (κ1) is 13.4. The largest absolute Gasteiger partial charge is 2.00 e. The van der Waals surface area contributed by atoms with Crippen LogP contribution in [0.2, 0.25) is 0 Å². The van der Waals surface area contributed by atoms with Gasteiger partial charge in [-0.1, -0.05) is 17.7 Å². The number of benzene rings is 1. The number of aryl methyl sites for hydroxylation is 2. The van der Waals surface area contributed by atoms with Crippen molar-refractivity contribution in [1.82, 2.24) is 0 Å². The van der Waals surface area contributed by atoms with Gasteiger partial charge in [0.2, 0.25) is 0 Å². The number of rotatable bonds is 1. The zero-order valence-electron chi connectivity index (χ0n) is 9.61. The molecule has 0 amide bonds. The Bertz CT molecular complexity index is 406. The van der Waals surface area contributed by atoms with Crippen molar-refractivity contribution in [1.29, 1.82) is 0 Å². The SMILES string of the molecule is Cc1ccc(S(=O)(=O)O)c(C)c1.[Ca+2].[H-].[H-]. The minimum atomic E-state index is -4.05. The maximum absolute atomic E-state index is 10.7. The minimum absolute atomic E-state index is 0. The molecule has 0 aromatic heterocycles. The molecule has 0 aliphatic rings. The van der Waals surface area contributed by atoms with Gasteiger partial charge in [-0.25, -0.2) is 0 Å². The van der Waals surface area contributed by atoms with Gasteiger partial charge in [0.15, 0.2) is 0 Å². The smallest absolute Gasteiger partial charge is 1.00 e. The number of hydrogen-bond acceptors (Lipinski definition) is 2. The average Bonchev–Trinajstić information content (AvgIpc) is 1.83. The van der Waals surface area contributed by atoms with Crippen LogP contribution >= 0.6 is 0 Å². The Labute approximate surface area is 111 Å². The molecule has 0 aliphatic carbocycles. The van der Waals surface area contributed by atoms with Gasteiger partial charge in [-0.2, -0.15) is 8.42 Å². The van der Waals surface area contributed by atoms with Crippen LogP contribution in [0, 0.1) is 13.8 Å². The first-order valence-corrected chi connectivity index (χ1v) is 4.90. The first-order chi connectivity index (χ1) is 5.41. The van der Waals surface area contributed by atoms with E-state index in [2.05, 4.69) is 0 Å². The van der Waals surface area contributed by atoms with Gasteiger partial charge >= 0.3 is 37.7 Å². The zero-order chi connectivity index (χ0) is 9.35. The number of hydrogen-bond donors (Lipinski definition) is 1. The second kappa shape index (κ2) is 4.75. The van der Waals surface area contributed by atoms with Gasteiger partial charge < -0.3 is 2.85 Å². The Morgan fingerprint density at radius 1 is 1.31 bits per heavy atom. The molecule has 1 aromatic carbocycles. The molecule has 0 unspecified atom stereocenters. The summed E-state index contributed by atoms with van der Waals surface area (Å²) in [7, 11) is -4.05. The molecular formula is C8H12CaO3S. The fourth-order valence-electron chi connectivity index (χ4n) is 1.09. The van der Waals surface area contributed by atoms with Crippen molar-refractivity contribution in [2.75, 3.05) is 0 Å². The van der Waals surface area contributed by atoms with E-state index in [9.17, 15) is 8.42 Å². The van der Waals surface area contributed by atoms with E-state index >= 15 is 0 Å². The van der Waals surface area contributed by atoms with Gasteiger partial charge in [0.05, 0.1) is 4.90 Å². The van der Waals surface area contributed by atoms with E-state index in [0.717, 1.165) is 5.56 Å². The van der Waals surface area contributed by atoms with Crippen LogP contribution in [-0.4, -0.2) is 50.7 Å². The summed E-state index contributed by atoms with van der Waals surface area (Å²) in [6, 6.07) is 4.76. The second-order valence-electron chi connectivity index (χ2n) is 2.74. The Balaban J connectivity index is -0.000000480. The molecule has 0 saturated carbocycles. The maximum Gasteiger partial charge on any atom is 2.00 e. The van der Waals surface area contributed by atoms with Crippen LogP contribution in [0.1, 0.15) is 14.0 Å². The predicted octanol–water partition coefficient (Wildman–Crippen LogP) is 1.39. The molecule has 0 bridgehead atoms. The van der Waals surface area contributed by atoms with Gasteiger partial charge in [-0.15, -0.1) is 0 Å². The average molecular weight is 228 g/mol. The van der Waals surface area contributed by atoms with E-state index in [-0.39, 0.29) is 45.5 Å². The molecule has 0 atom stereocenters. The maximum atomic E-state index is 10.7. The van der Waals surface area contributed by atoms with Gasteiger partial charge in [-0.05, 0) is 25.5 Å². The van der Waals surface area contributed by atoms with Crippen molar-refractivity contribution in [2.24, 2.45) is 0 Å². The van der Waals surface area contributed by atoms with Crippen LogP contribution in [0.25, 0.3) is 0 Å². The molecule has 0 fully saturated rings. The summed E-state index contributed by atoms with van der Waals surface area (Å²) in [6.07, 6.45) is 0. The quantitative estimate of drug-likeness (QED) is 0.584. The molecule has 0 heterocycles. The molecule has 13 heavy (non-hydrogen) atoms. The van der Waals surface area contributed by atoms with Crippen LogP contribution in [0.5, 0.6) is 0 Å². The summed E-state index contributed by atoms with van der Waals surface area (Å²) < 4.78 is 30.2. The van der Waals surface area contributed by atoms with Crippen LogP contribution in [0.3, 0.4) is 0 Å². The molecule has 0 saturated heterocycles. The van der Waals surface area contributed by atoms with Crippen LogP contribution in [-0.2, 0) is 10.1 Å². The van der Waals surface area contributed by atoms with Crippen molar-refractivity contribution in [3.05, 3.63) is 29.3 Å². The molecule has 0 spiro atoms. The van der Waals surface area contributed by atoms with Crippen molar-refractivity contribution < 1.29 is 15.8 Å². The van der Waals surface area contributed by atoms with E-state index in [1.807, 2.05) is 6.92 Å². The monoisotopic (exact) mass is 228 g/mol. The van der Waals surface area contributed by atoms with E-state index in [1.165, 1.54) is 6.07 Å². The Hall–Kier alpha value is 0.390. The molecule has 70 valence electrons. The minimum Gasteiger partial charge on any atom is -1.00 e. The van der Waals surface area contributed by atoms with E-state index in [4.69, 9.17) is 4.55 Å². The van der Waals surface area contributed by atoms with Crippen LogP contribution < -0.4 is 0 Å². The molecular weight excluding hydrogens is 216 g/mol. The molecule has 1 N–H and O–H groups in total. The summed E-state index contributed by atoms with van der Waals surface area (Å²) in [5.41, 5.74) is 1.54. The van der Waals surface area contributed by atoms with Gasteiger partial charge in [0, 0.05) is 0 Å². The Morgan fingerprint density at radius 2 is 1.85 bits per heavy atom. The Kier molecular flexibility index (Phi) is 4.90. The molecule has 3 nitrogen and oxygen atoms in total. The normalized spacial score (nSPS) is 10.7. The third-order valence-corrected chi connectivity index (χ3v) is 2.62. The van der Waals surface area contributed by atoms with E-state index in [0.29, 0.717) is 5.56 Å². The molecule has 1 rings (SSSR count). The summed E-state index contributed by atoms with van der Waals surface area (Å²) >= 11 is 0. The second-order valence-corrected chi connectivity index (χ2v) is 4.13. The van der Waals surface area contributed by atoms with Gasteiger partial charge in [0.25, 0.3) is 10.1 Å². The van der Waals surface area contributed by atoms with E-state index in [1.54, 1.807) is 19.1 Å². The van der Waals surface area contributed by atoms with Crippen molar-refractivity contribution in [2.45, 2.75) is 18.7 Å². The van der Waals surface area contributed by atoms with Crippen LogP contribution in [0.4, 0.5) is 0 Å². The van der Waals surface area contributed by atoms with Crippen molar-refractivity contribution >= 4 is 47.9 Å². The summed E-state index contributed by atoms with van der Waals surface area (Å²) in [5, 5.41) is 0. The summed E-state index contributed by atoms with van der Waals surface area (Å²) in [6.45, 7) is 3.51. The zero-order valence-corrected chi connectivity index (χ0v) is 10.6. The third-order valence-electron chi connectivity index (χ3n) is 1.61. The summed E-state index contributed by atoms with van der Waals surface area (Å²) in [5.74, 6) is 0. The van der Waals surface area contributed by atoms with Crippen LogP contribution in [0.15, 0.2) is 23.1 Å². The standard InChI is InChI=1S/C8H10O3S.Ca.2H/c1-6-3-4-8(7(2)5-6)12(9,10)11;;;/h3-5H,1-2H3,(H,9,10,11);;;/q;+2;2*-1. The van der Waals surface area contributed by atoms with Crippen molar-refractivity contribution in [3.63, 3.8) is 0 Å². The fourth-order valence-corrected chi connectivity index (χ4v) is 1.79. The molecule has 0 radical (unpaired) electrons. The third kappa shape index (κ3) is 3.56. The molecule has 0 aliphatic heterocycles. The summed E-state index contributed by atoms with van der Waals surface area (Å²) in [4.78, 5) is -0.0203. The fraction of sp³-hybridized carbons (Fsp3) is 0.250.